The second kappa shape index (κ2) is 13.9. The molecule has 1 unspecified atom stereocenters. The number of aliphatic carboxylic acids is 1. The predicted molar refractivity (Wildman–Crippen MR) is 157 cm³/mol. The van der Waals surface area contributed by atoms with Crippen LogP contribution in [-0.2, 0) is 21.2 Å². The number of ether oxygens (including phenoxy) is 1. The van der Waals surface area contributed by atoms with Gasteiger partial charge in [-0.25, -0.2) is 27.4 Å². The summed E-state index contributed by atoms with van der Waals surface area (Å²) in [7, 11) is -1.08. The zero-order chi connectivity index (χ0) is 31.0. The number of aromatic nitrogens is 2. The van der Waals surface area contributed by atoms with Gasteiger partial charge in [-0.3, -0.25) is 4.31 Å². The highest BCUT2D eigenvalue weighted by Crippen LogP contribution is 2.31. The van der Waals surface area contributed by atoms with Crippen LogP contribution in [0.2, 0.25) is 0 Å². The van der Waals surface area contributed by atoms with Crippen molar-refractivity contribution in [2.75, 3.05) is 48.3 Å². The van der Waals surface area contributed by atoms with Crippen molar-refractivity contribution in [3.05, 3.63) is 66.1 Å². The van der Waals surface area contributed by atoms with E-state index < -0.39 is 33.9 Å². The van der Waals surface area contributed by atoms with Crippen LogP contribution in [0.3, 0.4) is 0 Å². The molecule has 0 saturated carbocycles. The first-order valence-electron chi connectivity index (χ1n) is 13.3. The van der Waals surface area contributed by atoms with Crippen LogP contribution in [0.1, 0.15) is 26.3 Å². The Kier molecular flexibility index (Phi) is 10.6. The summed E-state index contributed by atoms with van der Waals surface area (Å²) in [6.07, 6.45) is 0.780. The SMILES string of the molecule is CCN(CC)c1ncc(N(CC)S(=O)(=O)c2ccc(F)cc2)c(NC(Cc2ccc(OC(=O)N(C)C)cc2)C(=O)O)n1. The molecule has 1 amide bonds. The third-order valence-corrected chi connectivity index (χ3v) is 8.21. The highest BCUT2D eigenvalue weighted by molar-refractivity contribution is 7.92. The van der Waals surface area contributed by atoms with E-state index in [-0.39, 0.29) is 35.3 Å². The smallest absolute Gasteiger partial charge is 0.414 e. The van der Waals surface area contributed by atoms with E-state index in [1.807, 2.05) is 18.7 Å². The number of anilines is 3. The number of carboxylic acid groups (broad SMARTS) is 1. The maximum Gasteiger partial charge on any atom is 0.414 e. The predicted octanol–water partition coefficient (Wildman–Crippen LogP) is 3.85. The van der Waals surface area contributed by atoms with E-state index in [4.69, 9.17) is 4.74 Å². The van der Waals surface area contributed by atoms with E-state index >= 15 is 0 Å². The molecule has 1 aromatic heterocycles. The molecule has 0 aliphatic carbocycles. The lowest BCUT2D eigenvalue weighted by Gasteiger charge is -2.27. The molecule has 0 aliphatic heterocycles. The van der Waals surface area contributed by atoms with Gasteiger partial charge in [-0.05, 0) is 62.7 Å². The van der Waals surface area contributed by atoms with E-state index in [2.05, 4.69) is 15.3 Å². The molecule has 0 bridgehead atoms. The highest BCUT2D eigenvalue weighted by Gasteiger charge is 2.29. The van der Waals surface area contributed by atoms with E-state index in [0.717, 1.165) is 28.6 Å². The number of nitrogens with zero attached hydrogens (tertiary/aromatic N) is 5. The molecular formula is C28H35FN6O6S. The Morgan fingerprint density at radius 2 is 1.62 bits per heavy atom. The van der Waals surface area contributed by atoms with Gasteiger partial charge in [0.05, 0.1) is 11.1 Å². The van der Waals surface area contributed by atoms with Gasteiger partial charge in [0.1, 0.15) is 23.3 Å². The van der Waals surface area contributed by atoms with Gasteiger partial charge in [-0.15, -0.1) is 0 Å². The lowest BCUT2D eigenvalue weighted by atomic mass is 10.1. The average molecular weight is 603 g/mol. The number of amides is 1. The Balaban J connectivity index is 2.00. The van der Waals surface area contributed by atoms with Crippen molar-refractivity contribution in [1.82, 2.24) is 14.9 Å². The lowest BCUT2D eigenvalue weighted by molar-refractivity contribution is -0.137. The van der Waals surface area contributed by atoms with Crippen LogP contribution in [0.25, 0.3) is 0 Å². The van der Waals surface area contributed by atoms with Crippen LogP contribution in [-0.4, -0.2) is 80.2 Å². The molecule has 14 heteroatoms. The van der Waals surface area contributed by atoms with Gasteiger partial charge < -0.3 is 25.0 Å². The molecule has 1 atom stereocenters. The van der Waals surface area contributed by atoms with E-state index in [1.165, 1.54) is 11.1 Å². The minimum atomic E-state index is -4.18. The van der Waals surface area contributed by atoms with Gasteiger partial charge in [0.25, 0.3) is 10.0 Å². The Labute approximate surface area is 244 Å². The number of carbonyl (C=O) groups excluding carboxylic acids is 1. The van der Waals surface area contributed by atoms with Crippen molar-refractivity contribution in [2.45, 2.75) is 38.1 Å². The summed E-state index contributed by atoms with van der Waals surface area (Å²) in [5.74, 6) is -1.19. The van der Waals surface area contributed by atoms with Gasteiger partial charge in [0, 0.05) is 40.2 Å². The van der Waals surface area contributed by atoms with Crippen molar-refractivity contribution in [3.8, 4) is 5.75 Å². The van der Waals surface area contributed by atoms with Gasteiger partial charge >= 0.3 is 12.1 Å². The molecule has 2 N–H and O–H groups in total. The maximum atomic E-state index is 13.6. The summed E-state index contributed by atoms with van der Waals surface area (Å²) < 4.78 is 46.9. The van der Waals surface area contributed by atoms with Gasteiger partial charge in [0.2, 0.25) is 5.95 Å². The summed E-state index contributed by atoms with van der Waals surface area (Å²) in [4.78, 5) is 36.1. The molecule has 1 heterocycles. The monoisotopic (exact) mass is 602 g/mol. The molecule has 0 spiro atoms. The molecule has 0 radical (unpaired) electrons. The van der Waals surface area contributed by atoms with Crippen LogP contribution < -0.4 is 19.3 Å². The van der Waals surface area contributed by atoms with Gasteiger partial charge in [-0.2, -0.15) is 4.98 Å². The molecule has 3 aromatic rings. The minimum absolute atomic E-state index is 0.00186. The summed E-state index contributed by atoms with van der Waals surface area (Å²) in [6, 6.07) is 9.57. The quantitative estimate of drug-likeness (QED) is 0.296. The fraction of sp³-hybridized carbons (Fsp3) is 0.357. The van der Waals surface area contributed by atoms with Crippen LogP contribution in [0.15, 0.2) is 59.6 Å². The number of benzene rings is 2. The molecule has 0 aliphatic rings. The summed E-state index contributed by atoms with van der Waals surface area (Å²) in [5.41, 5.74) is 0.653. The summed E-state index contributed by atoms with van der Waals surface area (Å²) >= 11 is 0. The molecule has 42 heavy (non-hydrogen) atoms. The third-order valence-electron chi connectivity index (χ3n) is 6.30. The highest BCUT2D eigenvalue weighted by atomic mass is 32.2. The fourth-order valence-corrected chi connectivity index (χ4v) is 5.47. The van der Waals surface area contributed by atoms with Crippen molar-refractivity contribution in [1.29, 1.82) is 0 Å². The van der Waals surface area contributed by atoms with E-state index in [9.17, 15) is 27.5 Å². The number of hydrogen-bond donors (Lipinski definition) is 2. The molecular weight excluding hydrogens is 567 g/mol. The Bertz CT molecular complexity index is 1480. The normalized spacial score (nSPS) is 11.9. The maximum absolute atomic E-state index is 13.6. The largest absolute Gasteiger partial charge is 0.480 e. The first-order chi connectivity index (χ1) is 19.9. The molecule has 0 saturated heterocycles. The van der Waals surface area contributed by atoms with Crippen molar-refractivity contribution in [2.24, 2.45) is 0 Å². The second-order valence-electron chi connectivity index (χ2n) is 9.35. The molecule has 226 valence electrons. The first kappa shape index (κ1) is 32.1. The number of halogens is 1. The Hall–Kier alpha value is -4.46. The first-order valence-corrected chi connectivity index (χ1v) is 14.7. The second-order valence-corrected chi connectivity index (χ2v) is 11.2. The van der Waals surface area contributed by atoms with Crippen LogP contribution in [0.4, 0.5) is 26.6 Å². The van der Waals surface area contributed by atoms with Crippen LogP contribution in [0.5, 0.6) is 5.75 Å². The van der Waals surface area contributed by atoms with E-state index in [1.54, 1.807) is 45.3 Å². The fourth-order valence-electron chi connectivity index (χ4n) is 4.00. The Morgan fingerprint density at radius 3 is 2.14 bits per heavy atom. The van der Waals surface area contributed by atoms with Crippen LogP contribution >= 0.6 is 0 Å². The third kappa shape index (κ3) is 7.63. The van der Waals surface area contributed by atoms with Crippen molar-refractivity contribution < 1.29 is 32.2 Å². The standard InChI is InChI=1S/C28H35FN6O6S/c1-6-34(7-2)27-30-18-24(35(8-3)42(39,40)22-15-11-20(29)12-16-22)25(32-27)31-23(26(36)37)17-19-9-13-21(14-10-19)41-28(38)33(4)5/h9-16,18,23H,6-8,17H2,1-5H3,(H,36,37)(H,30,31,32). The van der Waals surface area contributed by atoms with E-state index in [0.29, 0.717) is 24.4 Å². The molecule has 3 rings (SSSR count). The van der Waals surface area contributed by atoms with Crippen molar-refractivity contribution >= 4 is 39.5 Å². The van der Waals surface area contributed by atoms with Crippen molar-refractivity contribution in [3.63, 3.8) is 0 Å². The summed E-state index contributed by atoms with van der Waals surface area (Å²) in [5, 5.41) is 13.0. The Morgan fingerprint density at radius 1 is 1.00 bits per heavy atom. The number of rotatable bonds is 13. The molecule has 12 nitrogen and oxygen atoms in total. The number of nitrogens with one attached hydrogen (secondary N) is 1. The lowest BCUT2D eigenvalue weighted by Crippen LogP contribution is -2.36. The van der Waals surface area contributed by atoms with Gasteiger partial charge in [0.15, 0.2) is 5.82 Å². The van der Waals surface area contributed by atoms with Gasteiger partial charge in [-0.1, -0.05) is 12.1 Å². The number of carbonyl (C=O) groups is 2. The zero-order valence-corrected chi connectivity index (χ0v) is 24.9. The molecule has 0 fully saturated rings. The van der Waals surface area contributed by atoms with Crippen LogP contribution in [0, 0.1) is 5.82 Å². The minimum Gasteiger partial charge on any atom is -0.480 e. The summed E-state index contributed by atoms with van der Waals surface area (Å²) in [6.45, 7) is 6.52. The number of carboxylic acids is 1. The number of hydrogen-bond acceptors (Lipinski definition) is 9. The average Bonchev–Trinajstić information content (AvgIpc) is 2.95. The topological polar surface area (TPSA) is 145 Å². The number of sulfonamides is 1. The zero-order valence-electron chi connectivity index (χ0n) is 24.1. The molecule has 2 aromatic carbocycles.